The Morgan fingerprint density at radius 2 is 2.04 bits per heavy atom. The molecule has 4 rings (SSSR count). The Bertz CT molecular complexity index is 721. The molecule has 2 fully saturated rings. The van der Waals surface area contributed by atoms with Gasteiger partial charge in [0.05, 0.1) is 0 Å². The fraction of sp³-hybridized carbons (Fsp3) is 0.450. The number of rotatable bonds is 3. The fourth-order valence-electron chi connectivity index (χ4n) is 4.24. The first-order valence-corrected chi connectivity index (χ1v) is 9.07. The molecule has 1 spiro atoms. The van der Waals surface area contributed by atoms with Gasteiger partial charge in [-0.2, -0.15) is 0 Å². The summed E-state index contributed by atoms with van der Waals surface area (Å²) in [7, 11) is 0. The standard InChI is InChI=1S/C20H24N4O/c25-19-7-9-20(16-24(19)14-17-5-3-10-21-13-17)8-4-12-23(15-20)18-6-1-2-11-22-18/h1-3,5-6,10-11,13H,4,7-9,12,14-16H2/t20-/m0/s1. The zero-order valence-electron chi connectivity index (χ0n) is 14.5. The highest BCUT2D eigenvalue weighted by Crippen LogP contribution is 2.40. The van der Waals surface area contributed by atoms with Crippen LogP contribution in [0.15, 0.2) is 48.9 Å². The van der Waals surface area contributed by atoms with Gasteiger partial charge in [-0.3, -0.25) is 9.78 Å². The first kappa shape index (κ1) is 16.1. The van der Waals surface area contributed by atoms with Gasteiger partial charge in [0, 0.05) is 56.6 Å². The summed E-state index contributed by atoms with van der Waals surface area (Å²) in [6.45, 7) is 3.54. The first-order chi connectivity index (χ1) is 12.2. The SMILES string of the molecule is O=C1CC[C@]2(CCCN(c3ccccn3)C2)CN1Cc1cccnc1. The summed E-state index contributed by atoms with van der Waals surface area (Å²) in [5.41, 5.74) is 1.29. The van der Waals surface area contributed by atoms with Crippen molar-refractivity contribution in [3.05, 3.63) is 54.5 Å². The van der Waals surface area contributed by atoms with Crippen molar-refractivity contribution in [2.75, 3.05) is 24.5 Å². The summed E-state index contributed by atoms with van der Waals surface area (Å²) in [6.07, 6.45) is 9.47. The van der Waals surface area contributed by atoms with Crippen molar-refractivity contribution in [2.45, 2.75) is 32.2 Å². The van der Waals surface area contributed by atoms with Gasteiger partial charge in [-0.1, -0.05) is 12.1 Å². The van der Waals surface area contributed by atoms with Crippen LogP contribution >= 0.6 is 0 Å². The van der Waals surface area contributed by atoms with Crippen molar-refractivity contribution in [3.63, 3.8) is 0 Å². The third kappa shape index (κ3) is 3.50. The lowest BCUT2D eigenvalue weighted by Gasteiger charge is -2.48. The molecule has 4 heterocycles. The van der Waals surface area contributed by atoms with E-state index in [1.54, 1.807) is 6.20 Å². The zero-order chi connectivity index (χ0) is 17.1. The van der Waals surface area contributed by atoms with Crippen LogP contribution in [0.3, 0.4) is 0 Å². The van der Waals surface area contributed by atoms with Gasteiger partial charge in [-0.15, -0.1) is 0 Å². The van der Waals surface area contributed by atoms with Crippen LogP contribution in [0, 0.1) is 5.41 Å². The van der Waals surface area contributed by atoms with Crippen LogP contribution < -0.4 is 4.90 Å². The summed E-state index contributed by atoms with van der Waals surface area (Å²) in [5, 5.41) is 0. The summed E-state index contributed by atoms with van der Waals surface area (Å²) >= 11 is 0. The number of hydrogen-bond acceptors (Lipinski definition) is 4. The second-order valence-electron chi connectivity index (χ2n) is 7.32. The molecule has 1 atom stereocenters. The summed E-state index contributed by atoms with van der Waals surface area (Å²) in [5.74, 6) is 1.32. The number of anilines is 1. The maximum Gasteiger partial charge on any atom is 0.222 e. The van der Waals surface area contributed by atoms with Crippen LogP contribution in [0.2, 0.25) is 0 Å². The smallest absolute Gasteiger partial charge is 0.222 e. The second kappa shape index (κ2) is 6.82. The molecule has 2 aromatic heterocycles. The molecule has 1 amide bonds. The quantitative estimate of drug-likeness (QED) is 0.865. The van der Waals surface area contributed by atoms with Crippen molar-refractivity contribution in [1.82, 2.24) is 14.9 Å². The molecule has 130 valence electrons. The third-order valence-corrected chi connectivity index (χ3v) is 5.48. The van der Waals surface area contributed by atoms with Gasteiger partial charge < -0.3 is 9.80 Å². The number of piperidine rings is 2. The van der Waals surface area contributed by atoms with Crippen LogP contribution in [-0.2, 0) is 11.3 Å². The predicted octanol–water partition coefficient (Wildman–Crippen LogP) is 2.89. The van der Waals surface area contributed by atoms with Crippen LogP contribution in [0.1, 0.15) is 31.2 Å². The Morgan fingerprint density at radius 1 is 1.08 bits per heavy atom. The Labute approximate surface area is 148 Å². The van der Waals surface area contributed by atoms with E-state index in [0.29, 0.717) is 13.0 Å². The molecule has 2 saturated heterocycles. The number of amides is 1. The number of pyridine rings is 2. The Morgan fingerprint density at radius 3 is 2.84 bits per heavy atom. The highest BCUT2D eigenvalue weighted by molar-refractivity contribution is 5.77. The molecular formula is C20H24N4O. The highest BCUT2D eigenvalue weighted by Gasteiger charge is 2.41. The van der Waals surface area contributed by atoms with Gasteiger partial charge in [-0.25, -0.2) is 4.98 Å². The molecular weight excluding hydrogens is 312 g/mol. The number of hydrogen-bond donors (Lipinski definition) is 0. The zero-order valence-corrected chi connectivity index (χ0v) is 14.5. The van der Waals surface area contributed by atoms with Crippen molar-refractivity contribution in [2.24, 2.45) is 5.41 Å². The van der Waals surface area contributed by atoms with Gasteiger partial charge in [0.15, 0.2) is 0 Å². The summed E-state index contributed by atoms with van der Waals surface area (Å²) < 4.78 is 0. The highest BCUT2D eigenvalue weighted by atomic mass is 16.2. The Balaban J connectivity index is 1.50. The van der Waals surface area contributed by atoms with E-state index in [1.807, 2.05) is 41.6 Å². The van der Waals surface area contributed by atoms with E-state index >= 15 is 0 Å². The van der Waals surface area contributed by atoms with E-state index < -0.39 is 0 Å². The minimum absolute atomic E-state index is 0.186. The molecule has 0 bridgehead atoms. The van der Waals surface area contributed by atoms with Gasteiger partial charge in [0.2, 0.25) is 5.91 Å². The van der Waals surface area contributed by atoms with Crippen molar-refractivity contribution < 1.29 is 4.79 Å². The van der Waals surface area contributed by atoms with Gasteiger partial charge in [0.1, 0.15) is 5.82 Å². The van der Waals surface area contributed by atoms with Crippen LogP contribution in [-0.4, -0.2) is 40.4 Å². The van der Waals surface area contributed by atoms with E-state index in [9.17, 15) is 4.79 Å². The Hall–Kier alpha value is -2.43. The average Bonchev–Trinajstić information content (AvgIpc) is 2.67. The number of carbonyl (C=O) groups excluding carboxylic acids is 1. The number of likely N-dealkylation sites (tertiary alicyclic amines) is 1. The lowest BCUT2D eigenvalue weighted by Crippen LogP contribution is -2.54. The molecule has 5 nitrogen and oxygen atoms in total. The van der Waals surface area contributed by atoms with Crippen molar-refractivity contribution >= 4 is 11.7 Å². The topological polar surface area (TPSA) is 49.3 Å². The second-order valence-corrected chi connectivity index (χ2v) is 7.32. The first-order valence-electron chi connectivity index (χ1n) is 9.07. The molecule has 5 heteroatoms. The van der Waals surface area contributed by atoms with Crippen molar-refractivity contribution in [3.8, 4) is 0 Å². The summed E-state index contributed by atoms with van der Waals surface area (Å²) in [4.78, 5) is 25.6. The molecule has 2 aliphatic heterocycles. The largest absolute Gasteiger partial charge is 0.356 e. The van der Waals surface area contributed by atoms with Crippen LogP contribution in [0.5, 0.6) is 0 Å². The molecule has 0 radical (unpaired) electrons. The molecule has 25 heavy (non-hydrogen) atoms. The Kier molecular flexibility index (Phi) is 4.38. The van der Waals surface area contributed by atoms with Gasteiger partial charge in [0.25, 0.3) is 0 Å². The maximum atomic E-state index is 12.5. The van der Waals surface area contributed by atoms with Crippen LogP contribution in [0.25, 0.3) is 0 Å². The lowest BCUT2D eigenvalue weighted by atomic mass is 9.73. The number of carbonyl (C=O) groups is 1. The molecule has 0 aromatic carbocycles. The number of aromatic nitrogens is 2. The minimum Gasteiger partial charge on any atom is -0.356 e. The van der Waals surface area contributed by atoms with E-state index in [4.69, 9.17) is 0 Å². The molecule has 2 aromatic rings. The maximum absolute atomic E-state index is 12.5. The summed E-state index contributed by atoms with van der Waals surface area (Å²) in [6, 6.07) is 10.1. The van der Waals surface area contributed by atoms with E-state index in [2.05, 4.69) is 20.9 Å². The van der Waals surface area contributed by atoms with Gasteiger partial charge >= 0.3 is 0 Å². The molecule has 2 aliphatic rings. The van der Waals surface area contributed by atoms with Crippen LogP contribution in [0.4, 0.5) is 5.82 Å². The lowest BCUT2D eigenvalue weighted by molar-refractivity contribution is -0.138. The van der Waals surface area contributed by atoms with E-state index in [-0.39, 0.29) is 11.3 Å². The monoisotopic (exact) mass is 336 g/mol. The van der Waals surface area contributed by atoms with Gasteiger partial charge in [-0.05, 0) is 43.0 Å². The molecule has 0 unspecified atom stereocenters. The minimum atomic E-state index is 0.186. The molecule has 0 saturated carbocycles. The van der Waals surface area contributed by atoms with E-state index in [0.717, 1.165) is 43.9 Å². The molecule has 0 aliphatic carbocycles. The molecule has 0 N–H and O–H groups in total. The van der Waals surface area contributed by atoms with E-state index in [1.165, 1.54) is 6.42 Å². The third-order valence-electron chi connectivity index (χ3n) is 5.48. The predicted molar refractivity (Wildman–Crippen MR) is 97.0 cm³/mol. The average molecular weight is 336 g/mol. The normalized spacial score (nSPS) is 23.9. The van der Waals surface area contributed by atoms with Crippen molar-refractivity contribution in [1.29, 1.82) is 0 Å². The number of nitrogens with zero attached hydrogens (tertiary/aromatic N) is 4. The fourth-order valence-corrected chi connectivity index (χ4v) is 4.24.